The molecule has 0 saturated carbocycles. The molecule has 33 heavy (non-hydrogen) atoms. The molecule has 1 aliphatic rings. The summed E-state index contributed by atoms with van der Waals surface area (Å²) in [6.07, 6.45) is 2.01. The number of aryl methyl sites for hydroxylation is 1. The lowest BCUT2D eigenvalue weighted by Crippen LogP contribution is -2.47. The van der Waals surface area contributed by atoms with Crippen LogP contribution in [0.25, 0.3) is 0 Å². The van der Waals surface area contributed by atoms with Crippen LogP contribution >= 0.6 is 0 Å². The van der Waals surface area contributed by atoms with Crippen molar-refractivity contribution in [1.82, 2.24) is 4.90 Å². The minimum Gasteiger partial charge on any atom is -0.544 e. The van der Waals surface area contributed by atoms with Crippen LogP contribution < -0.4 is 9.74 Å². The topological polar surface area (TPSA) is 61.8 Å². The molecule has 1 aliphatic heterocycles. The fourth-order valence-electron chi connectivity index (χ4n) is 3.85. The van der Waals surface area contributed by atoms with Crippen LogP contribution in [0, 0.1) is 6.92 Å². The third-order valence-corrected chi connectivity index (χ3v) is 11.5. The van der Waals surface area contributed by atoms with Crippen molar-refractivity contribution < 1.29 is 14.3 Å². The van der Waals surface area contributed by atoms with Crippen molar-refractivity contribution >= 4 is 19.9 Å². The number of rotatable bonds is 7. The molecule has 180 valence electrons. The number of aliphatic hydroxyl groups is 1. The first kappa shape index (κ1) is 25.5. The third kappa shape index (κ3) is 7.16. The second-order valence-electron chi connectivity index (χ2n) is 11.1. The zero-order valence-corrected chi connectivity index (χ0v) is 22.1. The van der Waals surface area contributed by atoms with Gasteiger partial charge in [-0.1, -0.05) is 50.6 Å². The average Bonchev–Trinajstić information content (AvgIpc) is 2.72. The second-order valence-corrected chi connectivity index (χ2v) is 15.8. The number of nitrogens with one attached hydrogen (secondary N) is 1. The molecule has 2 aromatic rings. The van der Waals surface area contributed by atoms with Crippen molar-refractivity contribution in [2.75, 3.05) is 25.0 Å². The number of carbonyl (C=O) groups excluding carboxylic acids is 1. The highest BCUT2D eigenvalue weighted by atomic mass is 28.4. The molecule has 0 atom stereocenters. The van der Waals surface area contributed by atoms with E-state index in [1.165, 1.54) is 5.56 Å². The van der Waals surface area contributed by atoms with Crippen LogP contribution in [-0.2, 0) is 11.2 Å². The Morgan fingerprint density at radius 3 is 2.18 bits per heavy atom. The molecule has 1 saturated heterocycles. The first-order valence-corrected chi connectivity index (χ1v) is 14.9. The summed E-state index contributed by atoms with van der Waals surface area (Å²) < 4.78 is 6.31. The van der Waals surface area contributed by atoms with Gasteiger partial charge in [-0.2, -0.15) is 0 Å². The van der Waals surface area contributed by atoms with Crippen molar-refractivity contribution in [2.24, 2.45) is 0 Å². The molecule has 1 heterocycles. The maximum atomic E-state index is 12.6. The summed E-state index contributed by atoms with van der Waals surface area (Å²) >= 11 is 0. The number of carbonyl (C=O) groups is 1. The predicted octanol–water partition coefficient (Wildman–Crippen LogP) is 5.39. The number of benzene rings is 2. The van der Waals surface area contributed by atoms with E-state index in [2.05, 4.69) is 75.3 Å². The van der Waals surface area contributed by atoms with Crippen molar-refractivity contribution in [1.29, 1.82) is 0 Å². The van der Waals surface area contributed by atoms with Crippen molar-refractivity contribution in [3.63, 3.8) is 0 Å². The molecule has 6 heteroatoms. The molecular weight excluding hydrogens is 428 g/mol. The van der Waals surface area contributed by atoms with Crippen molar-refractivity contribution in [3.8, 4) is 5.75 Å². The van der Waals surface area contributed by atoms with E-state index in [4.69, 9.17) is 4.43 Å². The minimum atomic E-state index is -1.88. The number of likely N-dealkylation sites (tertiary alicyclic amines) is 1. The maximum Gasteiger partial charge on any atom is 0.250 e. The Labute approximate surface area is 200 Å². The van der Waals surface area contributed by atoms with Gasteiger partial charge in [0.2, 0.25) is 14.2 Å². The van der Waals surface area contributed by atoms with Gasteiger partial charge in [-0.25, -0.2) is 0 Å². The van der Waals surface area contributed by atoms with E-state index in [0.29, 0.717) is 25.8 Å². The molecule has 3 rings (SSSR count). The number of nitrogens with zero attached hydrogens (tertiary/aromatic N) is 1. The Balaban J connectivity index is 1.46. The molecule has 0 bridgehead atoms. The van der Waals surface area contributed by atoms with E-state index < -0.39 is 13.9 Å². The van der Waals surface area contributed by atoms with Crippen molar-refractivity contribution in [3.05, 3.63) is 59.7 Å². The van der Waals surface area contributed by atoms with Gasteiger partial charge in [-0.05, 0) is 67.7 Å². The van der Waals surface area contributed by atoms with Crippen LogP contribution in [0.3, 0.4) is 0 Å². The summed E-state index contributed by atoms with van der Waals surface area (Å²) in [5.74, 6) is 0.820. The third-order valence-electron chi connectivity index (χ3n) is 7.13. The van der Waals surface area contributed by atoms with E-state index in [0.717, 1.165) is 30.1 Å². The fourth-order valence-corrected chi connectivity index (χ4v) is 4.88. The standard InChI is InChI=1S/C27H40N2O3Si/c1-21-7-9-22(10-8-21)19-27(31)15-17-29(18-16-27)20-25(30)28-23-11-13-24(14-12-23)32-33(5,6)26(2,3)4/h7-14,31H,15-20H2,1-6H3,(H,28,30). The van der Waals surface area contributed by atoms with Gasteiger partial charge in [0.25, 0.3) is 0 Å². The molecule has 2 N–H and O–H groups in total. The summed E-state index contributed by atoms with van der Waals surface area (Å²) in [5.41, 5.74) is 2.47. The smallest absolute Gasteiger partial charge is 0.250 e. The average molecular weight is 469 g/mol. The van der Waals surface area contributed by atoms with Gasteiger partial charge in [0, 0.05) is 25.2 Å². The summed E-state index contributed by atoms with van der Waals surface area (Å²) in [6, 6.07) is 16.0. The van der Waals surface area contributed by atoms with Crippen LogP contribution in [0.4, 0.5) is 5.69 Å². The summed E-state index contributed by atoms with van der Waals surface area (Å²) in [5, 5.41) is 14.1. The predicted molar refractivity (Wildman–Crippen MR) is 138 cm³/mol. The summed E-state index contributed by atoms with van der Waals surface area (Å²) in [4.78, 5) is 14.7. The van der Waals surface area contributed by atoms with E-state index >= 15 is 0 Å². The molecular formula is C27H40N2O3Si. The zero-order valence-electron chi connectivity index (χ0n) is 21.1. The highest BCUT2D eigenvalue weighted by Gasteiger charge is 2.39. The highest BCUT2D eigenvalue weighted by molar-refractivity contribution is 6.74. The molecule has 1 fully saturated rings. The van der Waals surface area contributed by atoms with E-state index in [-0.39, 0.29) is 10.9 Å². The van der Waals surface area contributed by atoms with Crippen LogP contribution in [0.2, 0.25) is 18.1 Å². The first-order valence-electron chi connectivity index (χ1n) is 11.9. The largest absolute Gasteiger partial charge is 0.544 e. The van der Waals surface area contributed by atoms with Crippen LogP contribution in [0.15, 0.2) is 48.5 Å². The molecule has 2 aromatic carbocycles. The lowest BCUT2D eigenvalue weighted by Gasteiger charge is -2.38. The van der Waals surface area contributed by atoms with E-state index in [9.17, 15) is 9.90 Å². The van der Waals surface area contributed by atoms with Gasteiger partial charge in [-0.3, -0.25) is 9.69 Å². The van der Waals surface area contributed by atoms with Gasteiger partial charge in [0.05, 0.1) is 12.1 Å². The number of piperidine rings is 1. The number of hydrogen-bond acceptors (Lipinski definition) is 4. The van der Waals surface area contributed by atoms with Crippen LogP contribution in [0.5, 0.6) is 5.75 Å². The molecule has 0 unspecified atom stereocenters. The maximum absolute atomic E-state index is 12.6. The van der Waals surface area contributed by atoms with E-state index in [1.54, 1.807) is 0 Å². The monoisotopic (exact) mass is 468 g/mol. The quantitative estimate of drug-likeness (QED) is 0.535. The van der Waals surface area contributed by atoms with Gasteiger partial charge >= 0.3 is 0 Å². The van der Waals surface area contributed by atoms with Gasteiger partial charge in [0.15, 0.2) is 0 Å². The summed E-state index contributed by atoms with van der Waals surface area (Å²) in [6.45, 7) is 15.0. The summed E-state index contributed by atoms with van der Waals surface area (Å²) in [7, 11) is -1.88. The molecule has 5 nitrogen and oxygen atoms in total. The Bertz CT molecular complexity index is 925. The molecule has 1 amide bonds. The Kier molecular flexibility index (Phi) is 7.71. The second kappa shape index (κ2) is 10.00. The number of hydrogen-bond donors (Lipinski definition) is 2. The van der Waals surface area contributed by atoms with Gasteiger partial charge in [-0.15, -0.1) is 0 Å². The number of amides is 1. The van der Waals surface area contributed by atoms with Gasteiger partial charge in [0.1, 0.15) is 5.75 Å². The molecule has 0 radical (unpaired) electrons. The van der Waals surface area contributed by atoms with Crippen molar-refractivity contribution in [2.45, 2.75) is 70.7 Å². The molecule has 0 aliphatic carbocycles. The SMILES string of the molecule is Cc1ccc(CC2(O)CCN(CC(=O)Nc3ccc(O[Si](C)(C)C(C)(C)C)cc3)CC2)cc1. The number of anilines is 1. The lowest BCUT2D eigenvalue weighted by atomic mass is 9.85. The normalized spacial score (nSPS) is 16.9. The van der Waals surface area contributed by atoms with Crippen LogP contribution in [0.1, 0.15) is 44.7 Å². The highest BCUT2D eigenvalue weighted by Crippen LogP contribution is 2.37. The fraction of sp³-hybridized carbons (Fsp3) is 0.519. The zero-order chi connectivity index (χ0) is 24.3. The Hall–Kier alpha value is -2.15. The lowest BCUT2D eigenvalue weighted by molar-refractivity contribution is -0.118. The molecule has 0 aromatic heterocycles. The van der Waals surface area contributed by atoms with Gasteiger partial charge < -0.3 is 14.8 Å². The molecule has 0 spiro atoms. The first-order chi connectivity index (χ1) is 15.4. The minimum absolute atomic E-state index is 0.0305. The van der Waals surface area contributed by atoms with Crippen LogP contribution in [-0.4, -0.2) is 49.5 Å². The Morgan fingerprint density at radius 2 is 1.64 bits per heavy atom. The Morgan fingerprint density at radius 1 is 1.06 bits per heavy atom. The van der Waals surface area contributed by atoms with E-state index in [1.807, 2.05) is 24.3 Å².